The topological polar surface area (TPSA) is 59.9 Å². The highest BCUT2D eigenvalue weighted by atomic mass is 16.5. The smallest absolute Gasteiger partial charge is 0.116 e. The molecule has 5 heteroatoms. The van der Waals surface area contributed by atoms with E-state index in [1.165, 1.54) is 5.57 Å². The molecule has 0 saturated carbocycles. The van der Waals surface area contributed by atoms with E-state index in [-0.39, 0.29) is 0 Å². The lowest BCUT2D eigenvalue weighted by Gasteiger charge is -2.14. The standard InChI is InChI=1S/C24H30N4O.C2H6/c1-6-20(23(18(2)3)16-26-11-7-8-13-29-5)14-22-19(4)27-17-28-24(22)21-10-9-12-25-15-21;1-2/h7-10,12,14-17,26H,2,6,11,13H2,1,3-5H3;1-2H3/b8-7-,20-14+,23-16+;. The molecule has 0 unspecified atom stereocenters. The molecule has 0 amide bonds. The maximum absolute atomic E-state index is 5.02. The highest BCUT2D eigenvalue weighted by Gasteiger charge is 2.12. The lowest BCUT2D eigenvalue weighted by atomic mass is 9.94. The van der Waals surface area contributed by atoms with E-state index in [1.54, 1.807) is 19.6 Å². The van der Waals surface area contributed by atoms with Crippen LogP contribution in [0.5, 0.6) is 0 Å². The van der Waals surface area contributed by atoms with Gasteiger partial charge in [-0.05, 0) is 55.2 Å². The SMILES string of the molecule is C=C(C)C(=C\NC/C=C\COC)/C(=C/c1c(C)ncnc1-c1cccnc1)CC.CC. The highest BCUT2D eigenvalue weighted by Crippen LogP contribution is 2.28. The fraction of sp³-hybridized carbons (Fsp3) is 0.346. The van der Waals surface area contributed by atoms with E-state index in [4.69, 9.17) is 4.74 Å². The van der Waals surface area contributed by atoms with E-state index in [0.29, 0.717) is 6.61 Å². The molecule has 0 aliphatic rings. The Morgan fingerprint density at radius 3 is 2.61 bits per heavy atom. The first-order chi connectivity index (χ1) is 15.1. The van der Waals surface area contributed by atoms with Crippen LogP contribution in [0.15, 0.2) is 72.5 Å². The Bertz CT molecular complexity index is 899. The van der Waals surface area contributed by atoms with Gasteiger partial charge in [0.15, 0.2) is 0 Å². The van der Waals surface area contributed by atoms with Crippen LogP contribution in [0.3, 0.4) is 0 Å². The van der Waals surface area contributed by atoms with E-state index < -0.39 is 0 Å². The summed E-state index contributed by atoms with van der Waals surface area (Å²) in [5.74, 6) is 0. The number of nitrogens with zero attached hydrogens (tertiary/aromatic N) is 3. The molecule has 5 nitrogen and oxygen atoms in total. The Labute approximate surface area is 187 Å². The van der Waals surface area contributed by atoms with Gasteiger partial charge in [-0.2, -0.15) is 0 Å². The van der Waals surface area contributed by atoms with Gasteiger partial charge in [0.25, 0.3) is 0 Å². The third-order valence-corrected chi connectivity index (χ3v) is 4.43. The molecule has 31 heavy (non-hydrogen) atoms. The molecule has 0 aliphatic heterocycles. The number of nitrogens with one attached hydrogen (secondary N) is 1. The van der Waals surface area contributed by atoms with Gasteiger partial charge in [-0.1, -0.05) is 39.5 Å². The van der Waals surface area contributed by atoms with Crippen molar-refractivity contribution in [3.63, 3.8) is 0 Å². The number of pyridine rings is 1. The molecule has 0 radical (unpaired) electrons. The van der Waals surface area contributed by atoms with Crippen LogP contribution >= 0.6 is 0 Å². The summed E-state index contributed by atoms with van der Waals surface area (Å²) in [7, 11) is 1.68. The van der Waals surface area contributed by atoms with Crippen LogP contribution < -0.4 is 5.32 Å². The van der Waals surface area contributed by atoms with Gasteiger partial charge in [-0.25, -0.2) is 9.97 Å². The van der Waals surface area contributed by atoms with Gasteiger partial charge in [0.1, 0.15) is 6.33 Å². The molecule has 0 aromatic carbocycles. The summed E-state index contributed by atoms with van der Waals surface area (Å²) in [4.78, 5) is 13.2. The molecular weight excluding hydrogens is 384 g/mol. The largest absolute Gasteiger partial charge is 0.387 e. The second kappa shape index (κ2) is 14.9. The Balaban J connectivity index is 0.00000233. The van der Waals surface area contributed by atoms with Crippen LogP contribution in [0.25, 0.3) is 17.3 Å². The number of rotatable bonds is 10. The van der Waals surface area contributed by atoms with Crippen molar-refractivity contribution in [1.82, 2.24) is 20.3 Å². The molecule has 0 fully saturated rings. The van der Waals surface area contributed by atoms with Gasteiger partial charge in [0, 0.05) is 49.1 Å². The first kappa shape index (κ1) is 26.0. The van der Waals surface area contributed by atoms with Crippen molar-refractivity contribution in [3.8, 4) is 11.3 Å². The van der Waals surface area contributed by atoms with E-state index in [1.807, 2.05) is 64.4 Å². The summed E-state index contributed by atoms with van der Waals surface area (Å²) in [6.07, 6.45) is 14.3. The summed E-state index contributed by atoms with van der Waals surface area (Å²) in [5.41, 5.74) is 7.06. The fourth-order valence-corrected chi connectivity index (χ4v) is 2.90. The van der Waals surface area contributed by atoms with Gasteiger partial charge < -0.3 is 10.1 Å². The maximum atomic E-state index is 5.02. The van der Waals surface area contributed by atoms with Crippen LogP contribution in [0.1, 0.15) is 45.4 Å². The van der Waals surface area contributed by atoms with Crippen LogP contribution in [-0.2, 0) is 4.74 Å². The Morgan fingerprint density at radius 2 is 2.00 bits per heavy atom. The minimum atomic E-state index is 0.614. The molecule has 0 spiro atoms. The third kappa shape index (κ3) is 8.30. The number of methoxy groups -OCH3 is 1. The molecule has 0 saturated heterocycles. The zero-order valence-electron chi connectivity index (χ0n) is 19.8. The number of aryl methyl sites for hydroxylation is 1. The lowest BCUT2D eigenvalue weighted by Crippen LogP contribution is -2.07. The van der Waals surface area contributed by atoms with Crippen molar-refractivity contribution < 1.29 is 4.74 Å². The molecule has 1 N–H and O–H groups in total. The zero-order chi connectivity index (χ0) is 23.1. The molecule has 2 heterocycles. The molecule has 166 valence electrons. The van der Waals surface area contributed by atoms with Gasteiger partial charge in [-0.15, -0.1) is 0 Å². The molecule has 2 aromatic rings. The normalized spacial score (nSPS) is 11.8. The number of hydrogen-bond acceptors (Lipinski definition) is 5. The molecule has 0 bridgehead atoms. The van der Waals surface area contributed by atoms with Gasteiger partial charge >= 0.3 is 0 Å². The number of hydrogen-bond donors (Lipinski definition) is 1. The summed E-state index contributed by atoms with van der Waals surface area (Å²) in [6.45, 7) is 15.7. The molecule has 2 aromatic heterocycles. The zero-order valence-corrected chi connectivity index (χ0v) is 19.8. The molecule has 2 rings (SSSR count). The summed E-state index contributed by atoms with van der Waals surface area (Å²) in [6, 6.07) is 3.93. The maximum Gasteiger partial charge on any atom is 0.116 e. The van der Waals surface area contributed by atoms with E-state index in [0.717, 1.165) is 46.6 Å². The van der Waals surface area contributed by atoms with Crippen molar-refractivity contribution in [2.75, 3.05) is 20.3 Å². The molecule has 0 aliphatic carbocycles. The Hall–Kier alpha value is -3.05. The first-order valence-corrected chi connectivity index (χ1v) is 10.7. The van der Waals surface area contributed by atoms with Crippen molar-refractivity contribution >= 4 is 6.08 Å². The van der Waals surface area contributed by atoms with Gasteiger partial charge in [0.05, 0.1) is 12.3 Å². The average molecular weight is 421 g/mol. The van der Waals surface area contributed by atoms with E-state index in [2.05, 4.69) is 39.8 Å². The summed E-state index contributed by atoms with van der Waals surface area (Å²) in [5, 5.41) is 3.34. The number of aromatic nitrogens is 3. The number of allylic oxidation sites excluding steroid dienone is 3. The van der Waals surface area contributed by atoms with Gasteiger partial charge in [-0.3, -0.25) is 4.98 Å². The van der Waals surface area contributed by atoms with Crippen molar-refractivity contribution in [2.45, 2.75) is 41.0 Å². The summed E-state index contributed by atoms with van der Waals surface area (Å²) >= 11 is 0. The fourth-order valence-electron chi connectivity index (χ4n) is 2.90. The van der Waals surface area contributed by atoms with Crippen LogP contribution in [0.4, 0.5) is 0 Å². The highest BCUT2D eigenvalue weighted by molar-refractivity contribution is 5.75. The number of ether oxygens (including phenoxy) is 1. The Kier molecular flexibility index (Phi) is 12.5. The molecular formula is C26H36N4O. The van der Waals surface area contributed by atoms with Crippen molar-refractivity contribution in [3.05, 3.63) is 83.8 Å². The lowest BCUT2D eigenvalue weighted by molar-refractivity contribution is 0.233. The first-order valence-electron chi connectivity index (χ1n) is 10.7. The summed E-state index contributed by atoms with van der Waals surface area (Å²) < 4.78 is 5.02. The van der Waals surface area contributed by atoms with E-state index in [9.17, 15) is 0 Å². The second-order valence-electron chi connectivity index (χ2n) is 6.66. The van der Waals surface area contributed by atoms with Crippen LogP contribution in [0.2, 0.25) is 0 Å². The van der Waals surface area contributed by atoms with Crippen LogP contribution in [-0.4, -0.2) is 35.2 Å². The predicted octanol–water partition coefficient (Wildman–Crippen LogP) is 5.92. The van der Waals surface area contributed by atoms with Crippen molar-refractivity contribution in [1.29, 1.82) is 0 Å². The van der Waals surface area contributed by atoms with Crippen molar-refractivity contribution in [2.24, 2.45) is 0 Å². The minimum absolute atomic E-state index is 0.614. The monoisotopic (exact) mass is 420 g/mol. The third-order valence-electron chi connectivity index (χ3n) is 4.43. The van der Waals surface area contributed by atoms with Gasteiger partial charge in [0.2, 0.25) is 0 Å². The van der Waals surface area contributed by atoms with Crippen LogP contribution in [0, 0.1) is 6.92 Å². The predicted molar refractivity (Wildman–Crippen MR) is 132 cm³/mol. The molecule has 0 atom stereocenters. The minimum Gasteiger partial charge on any atom is -0.387 e. The van der Waals surface area contributed by atoms with E-state index >= 15 is 0 Å². The average Bonchev–Trinajstić information content (AvgIpc) is 2.80. The second-order valence-corrected chi connectivity index (χ2v) is 6.66. The quantitative estimate of drug-likeness (QED) is 0.294. The Morgan fingerprint density at radius 1 is 1.23 bits per heavy atom.